The first-order valence-corrected chi connectivity index (χ1v) is 9.15. The first-order valence-electron chi connectivity index (χ1n) is 8.74. The fourth-order valence-corrected chi connectivity index (χ4v) is 3.30. The first kappa shape index (κ1) is 18.8. The number of H-pyrrole nitrogens is 2. The molecule has 0 aliphatic heterocycles. The number of methoxy groups -OCH3 is 3. The predicted octanol–water partition coefficient (Wildman–Crippen LogP) is 4.00. The lowest BCUT2D eigenvalue weighted by atomic mass is 10.1. The molecule has 4 aromatic rings. The summed E-state index contributed by atoms with van der Waals surface area (Å²) in [7, 11) is 4.68. The second-order valence-electron chi connectivity index (χ2n) is 6.11. The van der Waals surface area contributed by atoms with E-state index in [1.54, 1.807) is 44.4 Å². The van der Waals surface area contributed by atoms with Gasteiger partial charge in [-0.3, -0.25) is 0 Å². The Morgan fingerprint density at radius 1 is 1.07 bits per heavy atom. The minimum Gasteiger partial charge on any atom is -0.493 e. The molecule has 2 aromatic carbocycles. The molecule has 0 aliphatic carbocycles. The molecule has 2 aromatic heterocycles. The van der Waals surface area contributed by atoms with E-state index >= 15 is 0 Å². The Bertz CT molecular complexity index is 1230. The number of benzene rings is 2. The second kappa shape index (κ2) is 7.80. The molecule has 0 unspecified atom stereocenters. The molecule has 2 heterocycles. The van der Waals surface area contributed by atoms with Crippen LogP contribution in [0.3, 0.4) is 0 Å². The van der Waals surface area contributed by atoms with Gasteiger partial charge in [0, 0.05) is 28.2 Å². The van der Waals surface area contributed by atoms with Crippen molar-refractivity contribution < 1.29 is 14.2 Å². The average Bonchev–Trinajstić information content (AvgIpc) is 3.34. The van der Waals surface area contributed by atoms with Gasteiger partial charge in [0.05, 0.1) is 27.5 Å². The summed E-state index contributed by atoms with van der Waals surface area (Å²) in [5.74, 6) is 2.05. The van der Waals surface area contributed by atoms with Crippen molar-refractivity contribution in [2.45, 2.75) is 0 Å². The van der Waals surface area contributed by atoms with Crippen molar-refractivity contribution in [2.24, 2.45) is 5.10 Å². The van der Waals surface area contributed by atoms with Crippen LogP contribution in [0.25, 0.3) is 22.3 Å². The van der Waals surface area contributed by atoms with E-state index in [4.69, 9.17) is 26.4 Å². The Hall–Kier alpha value is -3.59. The van der Waals surface area contributed by atoms with E-state index in [1.165, 1.54) is 0 Å². The van der Waals surface area contributed by atoms with E-state index in [1.807, 2.05) is 30.5 Å². The van der Waals surface area contributed by atoms with Crippen molar-refractivity contribution in [1.82, 2.24) is 19.9 Å². The third-order valence-electron chi connectivity index (χ3n) is 4.51. The molecule has 148 valence electrons. The highest BCUT2D eigenvalue weighted by Gasteiger charge is 2.17. The molecule has 0 bridgehead atoms. The van der Waals surface area contributed by atoms with Gasteiger partial charge < -0.3 is 19.2 Å². The Morgan fingerprint density at radius 2 is 1.79 bits per heavy atom. The molecule has 0 radical (unpaired) electrons. The molecule has 2 N–H and O–H groups in total. The summed E-state index contributed by atoms with van der Waals surface area (Å²) in [5.41, 5.74) is 2.69. The lowest BCUT2D eigenvalue weighted by Crippen LogP contribution is -1.99. The number of nitrogens with one attached hydrogen (secondary N) is 2. The highest BCUT2D eigenvalue weighted by molar-refractivity contribution is 7.71. The largest absolute Gasteiger partial charge is 0.493 e. The van der Waals surface area contributed by atoms with Gasteiger partial charge in [0.15, 0.2) is 17.3 Å². The lowest BCUT2D eigenvalue weighted by Gasteiger charge is -2.13. The SMILES string of the molecule is COc1cc(-c2n[nH]c(=S)n2/N=C\c2c[nH]c3ccccc23)cc(OC)c1OC. The minimum absolute atomic E-state index is 0.366. The maximum atomic E-state index is 5.43. The number of fused-ring (bicyclic) bond motifs is 1. The van der Waals surface area contributed by atoms with Crippen LogP contribution in [0.15, 0.2) is 47.7 Å². The Kier molecular flexibility index (Phi) is 5.05. The molecule has 0 saturated carbocycles. The predicted molar refractivity (Wildman–Crippen MR) is 114 cm³/mol. The maximum Gasteiger partial charge on any atom is 0.216 e. The van der Waals surface area contributed by atoms with Crippen molar-refractivity contribution in [3.63, 3.8) is 0 Å². The van der Waals surface area contributed by atoms with Gasteiger partial charge in [0.2, 0.25) is 10.5 Å². The van der Waals surface area contributed by atoms with E-state index in [0.717, 1.165) is 16.5 Å². The molecule has 0 atom stereocenters. The minimum atomic E-state index is 0.366. The Labute approximate surface area is 171 Å². The van der Waals surface area contributed by atoms with Crippen LogP contribution in [0.1, 0.15) is 5.56 Å². The molecular formula is C20H19N5O3S. The van der Waals surface area contributed by atoms with E-state index in [2.05, 4.69) is 20.3 Å². The van der Waals surface area contributed by atoms with Crippen LogP contribution in [0.2, 0.25) is 0 Å². The summed E-state index contributed by atoms with van der Waals surface area (Å²) in [6.45, 7) is 0. The van der Waals surface area contributed by atoms with Gasteiger partial charge in [-0.2, -0.15) is 14.9 Å². The summed E-state index contributed by atoms with van der Waals surface area (Å²) < 4.78 is 18.2. The van der Waals surface area contributed by atoms with Gasteiger partial charge >= 0.3 is 0 Å². The number of ether oxygens (including phenoxy) is 3. The number of para-hydroxylation sites is 1. The van der Waals surface area contributed by atoms with Gasteiger partial charge in [-0.15, -0.1) is 0 Å². The van der Waals surface area contributed by atoms with Gasteiger partial charge in [0.25, 0.3) is 0 Å². The van der Waals surface area contributed by atoms with Crippen molar-refractivity contribution >= 4 is 29.3 Å². The zero-order valence-corrected chi connectivity index (χ0v) is 16.9. The summed E-state index contributed by atoms with van der Waals surface area (Å²) in [5, 5.41) is 12.7. The quantitative estimate of drug-likeness (QED) is 0.371. The number of hydrogen-bond acceptors (Lipinski definition) is 6. The summed E-state index contributed by atoms with van der Waals surface area (Å²) >= 11 is 5.37. The average molecular weight is 409 g/mol. The zero-order valence-electron chi connectivity index (χ0n) is 16.1. The Morgan fingerprint density at radius 3 is 2.48 bits per heavy atom. The fraction of sp³-hybridized carbons (Fsp3) is 0.150. The van der Waals surface area contributed by atoms with Crippen LogP contribution in [-0.2, 0) is 0 Å². The van der Waals surface area contributed by atoms with Gasteiger partial charge in [-0.1, -0.05) is 18.2 Å². The lowest BCUT2D eigenvalue weighted by molar-refractivity contribution is 0.324. The van der Waals surface area contributed by atoms with Crippen LogP contribution in [0.5, 0.6) is 17.2 Å². The van der Waals surface area contributed by atoms with Gasteiger partial charge in [-0.05, 0) is 30.4 Å². The number of nitrogens with zero attached hydrogens (tertiary/aromatic N) is 3. The van der Waals surface area contributed by atoms with Crippen LogP contribution >= 0.6 is 12.2 Å². The molecule has 0 saturated heterocycles. The van der Waals surface area contributed by atoms with Crippen LogP contribution in [0, 0.1) is 4.77 Å². The monoisotopic (exact) mass is 409 g/mol. The molecule has 0 fully saturated rings. The molecule has 8 nitrogen and oxygen atoms in total. The normalized spacial score (nSPS) is 11.3. The topological polar surface area (TPSA) is 89.5 Å². The smallest absolute Gasteiger partial charge is 0.216 e. The number of rotatable bonds is 6. The fourth-order valence-electron chi connectivity index (χ4n) is 3.12. The molecule has 4 rings (SSSR count). The number of aromatic nitrogens is 4. The molecule has 0 amide bonds. The number of aromatic amines is 2. The standard InChI is InChI=1S/C20H19N5O3S/c1-26-16-8-12(9-17(27-2)18(16)28-3)19-23-24-20(29)25(19)22-11-13-10-21-15-7-5-4-6-14(13)15/h4-11,21H,1-3H3,(H,24,29)/b22-11-. The van der Waals surface area contributed by atoms with Crippen molar-refractivity contribution in [2.75, 3.05) is 21.3 Å². The number of hydrogen-bond donors (Lipinski definition) is 2. The third kappa shape index (κ3) is 3.36. The molecular weight excluding hydrogens is 390 g/mol. The summed E-state index contributed by atoms with van der Waals surface area (Å²) in [6, 6.07) is 11.6. The zero-order chi connectivity index (χ0) is 20.4. The highest BCUT2D eigenvalue weighted by Crippen LogP contribution is 2.40. The van der Waals surface area contributed by atoms with E-state index in [0.29, 0.717) is 33.4 Å². The van der Waals surface area contributed by atoms with Crippen LogP contribution in [0.4, 0.5) is 0 Å². The Balaban J connectivity index is 1.80. The van der Waals surface area contributed by atoms with Crippen molar-refractivity contribution in [3.8, 4) is 28.6 Å². The van der Waals surface area contributed by atoms with Gasteiger partial charge in [-0.25, -0.2) is 5.10 Å². The maximum absolute atomic E-state index is 5.43. The highest BCUT2D eigenvalue weighted by atomic mass is 32.1. The van der Waals surface area contributed by atoms with Crippen molar-refractivity contribution in [3.05, 3.63) is 52.9 Å². The van der Waals surface area contributed by atoms with E-state index in [-0.39, 0.29) is 0 Å². The van der Waals surface area contributed by atoms with E-state index < -0.39 is 0 Å². The first-order chi connectivity index (χ1) is 14.2. The van der Waals surface area contributed by atoms with Crippen molar-refractivity contribution in [1.29, 1.82) is 0 Å². The van der Waals surface area contributed by atoms with Gasteiger partial charge in [0.1, 0.15) is 0 Å². The summed E-state index contributed by atoms with van der Waals surface area (Å²) in [4.78, 5) is 3.23. The molecule has 0 spiro atoms. The molecule has 9 heteroatoms. The second-order valence-corrected chi connectivity index (χ2v) is 6.50. The third-order valence-corrected chi connectivity index (χ3v) is 4.77. The molecule has 29 heavy (non-hydrogen) atoms. The van der Waals surface area contributed by atoms with Crippen LogP contribution in [-0.4, -0.2) is 47.4 Å². The molecule has 0 aliphatic rings. The van der Waals surface area contributed by atoms with E-state index in [9.17, 15) is 0 Å². The van der Waals surface area contributed by atoms with Crippen LogP contribution < -0.4 is 14.2 Å². The summed E-state index contributed by atoms with van der Waals surface area (Å²) in [6.07, 6.45) is 3.64.